The summed E-state index contributed by atoms with van der Waals surface area (Å²) in [5.74, 6) is 0.816. The van der Waals surface area contributed by atoms with Crippen LogP contribution in [0.4, 0.5) is 16.3 Å². The van der Waals surface area contributed by atoms with Crippen LogP contribution in [-0.2, 0) is 29.0 Å². The highest BCUT2D eigenvalue weighted by Gasteiger charge is 2.35. The molecule has 0 spiro atoms. The third-order valence-corrected chi connectivity index (χ3v) is 9.09. The van der Waals surface area contributed by atoms with Crippen molar-refractivity contribution in [3.8, 4) is 6.01 Å². The second kappa shape index (κ2) is 14.1. The number of carbonyl (C=O) groups is 1. The summed E-state index contributed by atoms with van der Waals surface area (Å²) >= 11 is 0. The van der Waals surface area contributed by atoms with Crippen LogP contribution in [0.15, 0.2) is 77.9 Å². The number of anilines is 2. The van der Waals surface area contributed by atoms with Crippen LogP contribution in [0.3, 0.4) is 0 Å². The van der Waals surface area contributed by atoms with Gasteiger partial charge in [-0.25, -0.2) is 4.79 Å². The zero-order valence-electron chi connectivity index (χ0n) is 26.3. The second-order valence-corrected chi connectivity index (χ2v) is 12.1. The van der Waals surface area contributed by atoms with Crippen molar-refractivity contribution in [2.45, 2.75) is 44.6 Å². The first-order valence-electron chi connectivity index (χ1n) is 16.3. The van der Waals surface area contributed by atoms with Gasteiger partial charge in [-0.2, -0.15) is 9.97 Å². The summed E-state index contributed by atoms with van der Waals surface area (Å²) < 4.78 is 18.2. The van der Waals surface area contributed by atoms with Crippen LogP contribution in [0.5, 0.6) is 6.01 Å². The molecule has 2 unspecified atom stereocenters. The van der Waals surface area contributed by atoms with Crippen molar-refractivity contribution in [2.24, 2.45) is 5.11 Å². The summed E-state index contributed by atoms with van der Waals surface area (Å²) in [6.07, 6.45) is 1.39. The fourth-order valence-corrected chi connectivity index (χ4v) is 6.72. The molecular formula is C35H38N8O4. The number of benzene rings is 3. The van der Waals surface area contributed by atoms with Crippen LogP contribution >= 0.6 is 0 Å². The number of rotatable bonds is 5. The quantitative estimate of drug-likeness (QED) is 0.151. The molecule has 1 amide bonds. The Morgan fingerprint density at radius 2 is 1.87 bits per heavy atom. The van der Waals surface area contributed by atoms with Gasteiger partial charge in [0.1, 0.15) is 18.5 Å². The first-order chi connectivity index (χ1) is 23.2. The van der Waals surface area contributed by atoms with Crippen LogP contribution in [0.2, 0.25) is 0 Å². The molecule has 3 aliphatic heterocycles. The molecule has 0 aliphatic carbocycles. The van der Waals surface area contributed by atoms with Crippen LogP contribution < -0.4 is 14.5 Å². The Morgan fingerprint density at radius 3 is 2.77 bits per heavy atom. The minimum absolute atomic E-state index is 0.130. The molecule has 12 heteroatoms. The third kappa shape index (κ3) is 6.89. The van der Waals surface area contributed by atoms with Gasteiger partial charge >= 0.3 is 12.1 Å². The van der Waals surface area contributed by atoms with E-state index in [-0.39, 0.29) is 37.4 Å². The van der Waals surface area contributed by atoms with Gasteiger partial charge in [-0.05, 0) is 41.8 Å². The Morgan fingerprint density at radius 1 is 1.02 bits per heavy atom. The van der Waals surface area contributed by atoms with E-state index in [9.17, 15) is 4.79 Å². The van der Waals surface area contributed by atoms with E-state index in [4.69, 9.17) is 29.7 Å². The largest absolute Gasteiger partial charge is 0.460 e. The lowest BCUT2D eigenvalue weighted by atomic mass is 10.0. The van der Waals surface area contributed by atoms with Gasteiger partial charge in [0, 0.05) is 54.3 Å². The van der Waals surface area contributed by atoms with Crippen LogP contribution in [0.25, 0.3) is 21.2 Å². The number of hydrogen-bond acceptors (Lipinski definition) is 9. The molecule has 0 radical (unpaired) electrons. The average molecular weight is 635 g/mol. The summed E-state index contributed by atoms with van der Waals surface area (Å²) in [5.41, 5.74) is 13.1. The van der Waals surface area contributed by atoms with E-state index in [1.54, 1.807) is 4.90 Å². The molecule has 1 aromatic heterocycles. The molecule has 4 aromatic rings. The maximum Gasteiger partial charge on any atom is 0.410 e. The molecule has 242 valence electrons. The van der Waals surface area contributed by atoms with Crippen molar-refractivity contribution in [3.05, 3.63) is 100 Å². The lowest BCUT2D eigenvalue weighted by Gasteiger charge is -2.43. The van der Waals surface area contributed by atoms with Crippen LogP contribution in [0.1, 0.15) is 29.7 Å². The van der Waals surface area contributed by atoms with Gasteiger partial charge in [-0.15, -0.1) is 0 Å². The topological polar surface area (TPSA) is 129 Å². The highest BCUT2D eigenvalue weighted by Crippen LogP contribution is 2.35. The number of nitrogens with zero attached hydrogens (tertiary/aromatic N) is 8. The van der Waals surface area contributed by atoms with Crippen molar-refractivity contribution >= 4 is 28.4 Å². The average Bonchev–Trinajstić information content (AvgIpc) is 3.11. The van der Waals surface area contributed by atoms with Crippen molar-refractivity contribution in [1.82, 2.24) is 14.9 Å². The van der Waals surface area contributed by atoms with Gasteiger partial charge in [0.05, 0.1) is 31.4 Å². The standard InChI is InChI=1S/C35H38N8O4/c36-40-37-20-28-12-7-19-45-24-27-21-42(35(44)46-23-25-8-2-1-3-9-25)17-18-43(27)33-30-15-16-41(22-31(30)38-34(39-33)47-28)32-14-6-11-26-10-4-5-13-29(26)32/h1-6,8-11,13-14,27-28H,7,12,15-24H2. The Hall–Kier alpha value is -5.06. The van der Waals surface area contributed by atoms with Crippen molar-refractivity contribution in [2.75, 3.05) is 55.7 Å². The first-order valence-corrected chi connectivity index (χ1v) is 16.3. The van der Waals surface area contributed by atoms with Gasteiger partial charge in [0.25, 0.3) is 0 Å². The molecule has 0 saturated carbocycles. The first kappa shape index (κ1) is 30.6. The van der Waals surface area contributed by atoms with E-state index < -0.39 is 0 Å². The lowest BCUT2D eigenvalue weighted by Crippen LogP contribution is -2.57. The fraction of sp³-hybridized carbons (Fsp3) is 0.400. The molecule has 3 aliphatic rings. The van der Waals surface area contributed by atoms with E-state index in [2.05, 4.69) is 62.3 Å². The highest BCUT2D eigenvalue weighted by atomic mass is 16.6. The fourth-order valence-electron chi connectivity index (χ4n) is 6.72. The van der Waals surface area contributed by atoms with Gasteiger partial charge in [0.2, 0.25) is 0 Å². The molecule has 0 N–H and O–H groups in total. The Bertz CT molecular complexity index is 1760. The number of azide groups is 1. The summed E-state index contributed by atoms with van der Waals surface area (Å²) in [5, 5.41) is 6.19. The molecule has 1 fully saturated rings. The van der Waals surface area contributed by atoms with Gasteiger partial charge in [-0.1, -0.05) is 71.8 Å². The summed E-state index contributed by atoms with van der Waals surface area (Å²) in [7, 11) is 0. The molecule has 2 bridgehead atoms. The number of piperazine rings is 1. The maximum absolute atomic E-state index is 13.2. The van der Waals surface area contributed by atoms with E-state index in [0.29, 0.717) is 52.2 Å². The normalized spacial score (nSPS) is 19.7. The second-order valence-electron chi connectivity index (χ2n) is 12.1. The van der Waals surface area contributed by atoms with E-state index in [1.807, 2.05) is 30.3 Å². The molecular weight excluding hydrogens is 596 g/mol. The molecule has 4 heterocycles. The highest BCUT2D eigenvalue weighted by molar-refractivity contribution is 5.94. The number of aromatic nitrogens is 2. The van der Waals surface area contributed by atoms with Crippen LogP contribution in [0, 0.1) is 0 Å². The van der Waals surface area contributed by atoms with Crippen molar-refractivity contribution < 1.29 is 19.0 Å². The van der Waals surface area contributed by atoms with Gasteiger partial charge < -0.3 is 28.9 Å². The van der Waals surface area contributed by atoms with Crippen LogP contribution in [-0.4, -0.2) is 79.0 Å². The van der Waals surface area contributed by atoms with E-state index in [1.165, 1.54) is 16.5 Å². The third-order valence-electron chi connectivity index (χ3n) is 9.09. The van der Waals surface area contributed by atoms with Gasteiger partial charge in [-0.3, -0.25) is 0 Å². The summed E-state index contributed by atoms with van der Waals surface area (Å²) in [4.78, 5) is 32.5. The molecule has 2 atom stereocenters. The molecule has 12 nitrogen and oxygen atoms in total. The van der Waals surface area contributed by atoms with Crippen molar-refractivity contribution in [3.63, 3.8) is 0 Å². The predicted molar refractivity (Wildman–Crippen MR) is 179 cm³/mol. The smallest absolute Gasteiger partial charge is 0.410 e. The Balaban J connectivity index is 1.19. The summed E-state index contributed by atoms with van der Waals surface area (Å²) in [6, 6.07) is 24.7. The Kier molecular flexibility index (Phi) is 9.21. The molecule has 47 heavy (non-hydrogen) atoms. The molecule has 1 saturated heterocycles. The number of fused-ring (bicyclic) bond motifs is 7. The predicted octanol–water partition coefficient (Wildman–Crippen LogP) is 5.89. The number of hydrogen-bond donors (Lipinski definition) is 0. The monoisotopic (exact) mass is 634 g/mol. The SMILES string of the molecule is [N-]=[N+]=NCC1CCCOCC2CN(C(=O)OCc3ccccc3)CCN2c2nc(nc3c2CCN(c2cccc4ccccc24)C3)O1. The van der Waals surface area contributed by atoms with Gasteiger partial charge in [0.15, 0.2) is 0 Å². The zero-order valence-corrected chi connectivity index (χ0v) is 26.3. The maximum atomic E-state index is 13.2. The van der Waals surface area contributed by atoms with E-state index in [0.717, 1.165) is 35.6 Å². The number of amides is 1. The molecule has 3 aromatic carbocycles. The summed E-state index contributed by atoms with van der Waals surface area (Å²) in [6.45, 7) is 4.27. The van der Waals surface area contributed by atoms with E-state index >= 15 is 0 Å². The number of carbonyl (C=O) groups excluding carboxylic acids is 1. The van der Waals surface area contributed by atoms with Crippen molar-refractivity contribution in [1.29, 1.82) is 0 Å². The zero-order chi connectivity index (χ0) is 32.0. The molecule has 7 rings (SSSR count). The number of ether oxygens (including phenoxy) is 3. The Labute approximate surface area is 273 Å². The lowest BCUT2D eigenvalue weighted by molar-refractivity contribution is 0.0640. The minimum atomic E-state index is -0.371. The minimum Gasteiger partial charge on any atom is -0.460 e.